The largest absolute Gasteiger partial charge is 0.352 e. The number of carbonyl (C=O) groups excluding carboxylic acids is 1. The van der Waals surface area contributed by atoms with Crippen molar-refractivity contribution in [3.8, 4) is 0 Å². The van der Waals surface area contributed by atoms with Crippen molar-refractivity contribution < 1.29 is 4.79 Å². The van der Waals surface area contributed by atoms with E-state index in [0.717, 1.165) is 17.4 Å². The molecule has 2 rings (SSSR count). The SMILES string of the molecule is CC(NCC1CCC(=O)N1)c1cccc(Br)c1. The van der Waals surface area contributed by atoms with Crippen molar-refractivity contribution in [2.45, 2.75) is 31.8 Å². The normalized spacial score (nSPS) is 21.3. The fourth-order valence-corrected chi connectivity index (χ4v) is 2.46. The van der Waals surface area contributed by atoms with Gasteiger partial charge in [0.2, 0.25) is 5.91 Å². The summed E-state index contributed by atoms with van der Waals surface area (Å²) in [5.41, 5.74) is 1.25. The van der Waals surface area contributed by atoms with Crippen LogP contribution in [0.3, 0.4) is 0 Å². The van der Waals surface area contributed by atoms with Gasteiger partial charge in [-0.1, -0.05) is 28.1 Å². The van der Waals surface area contributed by atoms with E-state index >= 15 is 0 Å². The van der Waals surface area contributed by atoms with Crippen LogP contribution >= 0.6 is 15.9 Å². The Balaban J connectivity index is 1.85. The number of halogens is 1. The number of benzene rings is 1. The van der Waals surface area contributed by atoms with Gasteiger partial charge in [0.25, 0.3) is 0 Å². The van der Waals surface area contributed by atoms with Gasteiger partial charge >= 0.3 is 0 Å². The molecule has 1 fully saturated rings. The van der Waals surface area contributed by atoms with E-state index in [1.54, 1.807) is 0 Å². The van der Waals surface area contributed by atoms with Gasteiger partial charge in [-0.2, -0.15) is 0 Å². The number of nitrogens with one attached hydrogen (secondary N) is 2. The quantitative estimate of drug-likeness (QED) is 0.896. The van der Waals surface area contributed by atoms with Crippen LogP contribution in [0, 0.1) is 0 Å². The average Bonchev–Trinajstić information content (AvgIpc) is 2.72. The van der Waals surface area contributed by atoms with E-state index in [1.165, 1.54) is 5.56 Å². The molecule has 1 amide bonds. The molecular weight excluding hydrogens is 280 g/mol. The lowest BCUT2D eigenvalue weighted by Crippen LogP contribution is -2.36. The van der Waals surface area contributed by atoms with Gasteiger partial charge in [0.1, 0.15) is 0 Å². The summed E-state index contributed by atoms with van der Waals surface area (Å²) < 4.78 is 1.10. The van der Waals surface area contributed by atoms with Crippen molar-refractivity contribution in [3.05, 3.63) is 34.3 Å². The van der Waals surface area contributed by atoms with Crippen molar-refractivity contribution in [1.82, 2.24) is 10.6 Å². The summed E-state index contributed by atoms with van der Waals surface area (Å²) in [6.45, 7) is 2.97. The minimum atomic E-state index is 0.173. The fourth-order valence-electron chi connectivity index (χ4n) is 2.04. The second kappa shape index (κ2) is 5.65. The monoisotopic (exact) mass is 296 g/mol. The van der Waals surface area contributed by atoms with Gasteiger partial charge in [0, 0.05) is 29.5 Å². The Labute approximate surface area is 110 Å². The molecule has 1 aromatic carbocycles. The number of carbonyl (C=O) groups is 1. The maximum absolute atomic E-state index is 11.1. The highest BCUT2D eigenvalue weighted by atomic mass is 79.9. The van der Waals surface area contributed by atoms with Crippen LogP contribution in [0.1, 0.15) is 31.4 Å². The molecule has 1 aliphatic heterocycles. The molecule has 0 bridgehead atoms. The molecule has 0 spiro atoms. The third-order valence-corrected chi connectivity index (χ3v) is 3.60. The lowest BCUT2D eigenvalue weighted by atomic mass is 10.1. The van der Waals surface area contributed by atoms with Gasteiger partial charge in [-0.05, 0) is 31.0 Å². The lowest BCUT2D eigenvalue weighted by Gasteiger charge is -2.17. The number of rotatable bonds is 4. The van der Waals surface area contributed by atoms with Crippen molar-refractivity contribution >= 4 is 21.8 Å². The van der Waals surface area contributed by atoms with Crippen molar-refractivity contribution in [2.24, 2.45) is 0 Å². The molecule has 0 aromatic heterocycles. The Bertz CT molecular complexity index is 408. The molecule has 2 N–H and O–H groups in total. The van der Waals surface area contributed by atoms with Crippen molar-refractivity contribution in [1.29, 1.82) is 0 Å². The van der Waals surface area contributed by atoms with Crippen LogP contribution in [0.15, 0.2) is 28.7 Å². The van der Waals surface area contributed by atoms with E-state index in [1.807, 2.05) is 12.1 Å². The third-order valence-electron chi connectivity index (χ3n) is 3.10. The van der Waals surface area contributed by atoms with E-state index in [4.69, 9.17) is 0 Å². The Morgan fingerprint density at radius 1 is 1.59 bits per heavy atom. The number of hydrogen-bond acceptors (Lipinski definition) is 2. The molecular formula is C13H17BrN2O. The Morgan fingerprint density at radius 3 is 3.06 bits per heavy atom. The van der Waals surface area contributed by atoms with E-state index in [-0.39, 0.29) is 11.9 Å². The molecule has 0 saturated carbocycles. The molecule has 1 saturated heterocycles. The van der Waals surface area contributed by atoms with Crippen molar-refractivity contribution in [3.63, 3.8) is 0 Å². The molecule has 2 atom stereocenters. The first-order valence-electron chi connectivity index (χ1n) is 5.93. The molecule has 3 nitrogen and oxygen atoms in total. The first kappa shape index (κ1) is 12.6. The number of hydrogen-bond donors (Lipinski definition) is 2. The summed E-state index contributed by atoms with van der Waals surface area (Å²) in [4.78, 5) is 11.1. The van der Waals surface area contributed by atoms with Gasteiger partial charge in [0.05, 0.1) is 0 Å². The molecule has 1 aromatic rings. The van der Waals surface area contributed by atoms with Gasteiger partial charge in [-0.3, -0.25) is 4.79 Å². The molecule has 1 aliphatic rings. The zero-order chi connectivity index (χ0) is 12.3. The molecule has 1 heterocycles. The van der Waals surface area contributed by atoms with Crippen LogP contribution in [0.25, 0.3) is 0 Å². The van der Waals surface area contributed by atoms with E-state index < -0.39 is 0 Å². The Kier molecular flexibility index (Phi) is 4.18. The van der Waals surface area contributed by atoms with Crippen LogP contribution in [0.5, 0.6) is 0 Å². The zero-order valence-electron chi connectivity index (χ0n) is 9.87. The highest BCUT2D eigenvalue weighted by molar-refractivity contribution is 9.10. The van der Waals surface area contributed by atoms with Gasteiger partial charge in [0.15, 0.2) is 0 Å². The second-order valence-corrected chi connectivity index (χ2v) is 5.40. The third kappa shape index (κ3) is 3.54. The topological polar surface area (TPSA) is 41.1 Å². The first-order valence-corrected chi connectivity index (χ1v) is 6.72. The molecule has 0 radical (unpaired) electrons. The Morgan fingerprint density at radius 2 is 2.41 bits per heavy atom. The van der Waals surface area contributed by atoms with Crippen LogP contribution < -0.4 is 10.6 Å². The van der Waals surface area contributed by atoms with Gasteiger partial charge in [-0.15, -0.1) is 0 Å². The van der Waals surface area contributed by atoms with Crippen LogP contribution in [-0.2, 0) is 4.79 Å². The fraction of sp³-hybridized carbons (Fsp3) is 0.462. The predicted octanol–water partition coefficient (Wildman–Crippen LogP) is 2.38. The Hall–Kier alpha value is -0.870. The summed E-state index contributed by atoms with van der Waals surface area (Å²) in [6.07, 6.45) is 1.61. The highest BCUT2D eigenvalue weighted by Crippen LogP contribution is 2.18. The maximum Gasteiger partial charge on any atom is 0.220 e. The average molecular weight is 297 g/mol. The van der Waals surface area contributed by atoms with E-state index in [9.17, 15) is 4.79 Å². The summed E-state index contributed by atoms with van der Waals surface area (Å²) in [5, 5.41) is 6.41. The summed E-state index contributed by atoms with van der Waals surface area (Å²) in [6, 6.07) is 8.87. The standard InChI is InChI=1S/C13H17BrN2O/c1-9(10-3-2-4-11(14)7-10)15-8-12-5-6-13(17)16-12/h2-4,7,9,12,15H,5-6,8H2,1H3,(H,16,17). The zero-order valence-corrected chi connectivity index (χ0v) is 11.5. The minimum Gasteiger partial charge on any atom is -0.352 e. The molecule has 4 heteroatoms. The van der Waals surface area contributed by atoms with Crippen LogP contribution in [0.2, 0.25) is 0 Å². The van der Waals surface area contributed by atoms with Crippen LogP contribution in [-0.4, -0.2) is 18.5 Å². The molecule has 17 heavy (non-hydrogen) atoms. The molecule has 0 aliphatic carbocycles. The molecule has 92 valence electrons. The lowest BCUT2D eigenvalue weighted by molar-refractivity contribution is -0.119. The highest BCUT2D eigenvalue weighted by Gasteiger charge is 2.20. The summed E-state index contributed by atoms with van der Waals surface area (Å²) in [5.74, 6) is 0.173. The van der Waals surface area contributed by atoms with E-state index in [2.05, 4.69) is 45.6 Å². The van der Waals surface area contributed by atoms with Crippen LogP contribution in [0.4, 0.5) is 0 Å². The maximum atomic E-state index is 11.1. The number of amides is 1. The van der Waals surface area contributed by atoms with Gasteiger partial charge < -0.3 is 10.6 Å². The summed E-state index contributed by atoms with van der Waals surface area (Å²) >= 11 is 3.47. The molecule has 2 unspecified atom stereocenters. The first-order chi connectivity index (χ1) is 8.15. The smallest absolute Gasteiger partial charge is 0.220 e. The predicted molar refractivity (Wildman–Crippen MR) is 71.7 cm³/mol. The second-order valence-electron chi connectivity index (χ2n) is 4.49. The minimum absolute atomic E-state index is 0.173. The van der Waals surface area contributed by atoms with Crippen molar-refractivity contribution in [2.75, 3.05) is 6.54 Å². The van der Waals surface area contributed by atoms with E-state index in [0.29, 0.717) is 12.5 Å². The summed E-state index contributed by atoms with van der Waals surface area (Å²) in [7, 11) is 0. The van der Waals surface area contributed by atoms with Gasteiger partial charge in [-0.25, -0.2) is 0 Å².